The Morgan fingerprint density at radius 2 is 1.43 bits per heavy atom. The maximum absolute atomic E-state index is 11.4. The van der Waals surface area contributed by atoms with Crippen LogP contribution >= 0.6 is 0 Å². The minimum absolute atomic E-state index is 0.223. The minimum atomic E-state index is -0.223. The van der Waals surface area contributed by atoms with Gasteiger partial charge in [-0.3, -0.25) is 4.89 Å². The monoisotopic (exact) mass is 300 g/mol. The highest BCUT2D eigenvalue weighted by atomic mass is 17.2. The molecule has 21 heavy (non-hydrogen) atoms. The second-order valence-corrected chi connectivity index (χ2v) is 6.40. The summed E-state index contributed by atoms with van der Waals surface area (Å²) in [5, 5.41) is 0. The first-order valence-corrected chi connectivity index (χ1v) is 8.92. The van der Waals surface area contributed by atoms with Crippen molar-refractivity contribution in [2.24, 2.45) is 11.8 Å². The Morgan fingerprint density at radius 1 is 0.857 bits per heavy atom. The average Bonchev–Trinajstić information content (AvgIpc) is 2.49. The molecule has 0 aliphatic carbocycles. The van der Waals surface area contributed by atoms with E-state index < -0.39 is 0 Å². The normalized spacial score (nSPS) is 13.9. The van der Waals surface area contributed by atoms with E-state index >= 15 is 0 Å². The van der Waals surface area contributed by atoms with Crippen molar-refractivity contribution in [3.8, 4) is 0 Å². The van der Waals surface area contributed by atoms with E-state index in [9.17, 15) is 4.79 Å². The summed E-state index contributed by atoms with van der Waals surface area (Å²) >= 11 is 0. The third kappa shape index (κ3) is 14.1. The molecule has 0 saturated carbocycles. The summed E-state index contributed by atoms with van der Waals surface area (Å²) in [5.41, 5.74) is 0. The summed E-state index contributed by atoms with van der Waals surface area (Å²) in [5.74, 6) is 1.35. The molecule has 0 N–H and O–H groups in total. The molecule has 0 saturated heterocycles. The Balaban J connectivity index is 3.26. The molecule has 3 nitrogen and oxygen atoms in total. The molecule has 0 rings (SSSR count). The quantitative estimate of drug-likeness (QED) is 0.235. The van der Waals surface area contributed by atoms with Crippen molar-refractivity contribution in [3.63, 3.8) is 0 Å². The van der Waals surface area contributed by atoms with Gasteiger partial charge >= 0.3 is 5.97 Å². The zero-order chi connectivity index (χ0) is 15.9. The average molecular weight is 300 g/mol. The highest BCUT2D eigenvalue weighted by molar-refractivity contribution is 5.68. The number of rotatable bonds is 14. The number of carbonyl (C=O) groups is 1. The fourth-order valence-corrected chi connectivity index (χ4v) is 2.15. The van der Waals surface area contributed by atoms with Crippen LogP contribution in [0.3, 0.4) is 0 Å². The first kappa shape index (κ1) is 20.4. The maximum Gasteiger partial charge on any atom is 0.342 e. The molecule has 0 aliphatic heterocycles. The third-order valence-electron chi connectivity index (χ3n) is 4.30. The third-order valence-corrected chi connectivity index (χ3v) is 4.30. The lowest BCUT2D eigenvalue weighted by Gasteiger charge is -2.08. The van der Waals surface area contributed by atoms with Gasteiger partial charge in [-0.25, -0.2) is 4.79 Å². The van der Waals surface area contributed by atoms with Gasteiger partial charge in [0, 0.05) is 6.42 Å². The van der Waals surface area contributed by atoms with Crippen LogP contribution in [-0.2, 0) is 14.6 Å². The molecule has 0 aromatic carbocycles. The highest BCUT2D eigenvalue weighted by Crippen LogP contribution is 2.13. The molecule has 0 spiro atoms. The van der Waals surface area contributed by atoms with Crippen molar-refractivity contribution in [2.45, 2.75) is 91.9 Å². The standard InChI is InChI=1S/C18H36O3/c1-5-16(3)12-8-7-11-15-20-21-18(19)14-10-9-13-17(4)6-2/h16-17H,5-15H2,1-4H3. The van der Waals surface area contributed by atoms with Crippen molar-refractivity contribution >= 4 is 5.97 Å². The van der Waals surface area contributed by atoms with Crippen molar-refractivity contribution in [3.05, 3.63) is 0 Å². The van der Waals surface area contributed by atoms with Crippen LogP contribution in [0, 0.1) is 11.8 Å². The van der Waals surface area contributed by atoms with E-state index in [-0.39, 0.29) is 5.97 Å². The van der Waals surface area contributed by atoms with Crippen LogP contribution in [0.4, 0.5) is 0 Å². The molecule has 3 heteroatoms. The molecule has 0 aromatic rings. The minimum Gasteiger partial charge on any atom is -0.298 e. The fourth-order valence-electron chi connectivity index (χ4n) is 2.15. The van der Waals surface area contributed by atoms with Gasteiger partial charge in [0.1, 0.15) is 0 Å². The molecule has 0 aromatic heterocycles. The Hall–Kier alpha value is -0.570. The summed E-state index contributed by atoms with van der Waals surface area (Å²) in [6, 6.07) is 0. The summed E-state index contributed by atoms with van der Waals surface area (Å²) in [4.78, 5) is 21.2. The van der Waals surface area contributed by atoms with E-state index in [1.165, 1.54) is 32.1 Å². The Morgan fingerprint density at radius 3 is 2.00 bits per heavy atom. The van der Waals surface area contributed by atoms with Gasteiger partial charge in [-0.05, 0) is 24.7 Å². The Kier molecular flexibility index (Phi) is 14.0. The second kappa shape index (κ2) is 14.4. The fraction of sp³-hybridized carbons (Fsp3) is 0.944. The molecule has 0 amide bonds. The largest absolute Gasteiger partial charge is 0.342 e. The number of hydrogen-bond donors (Lipinski definition) is 0. The van der Waals surface area contributed by atoms with Gasteiger partial charge in [0.2, 0.25) is 0 Å². The van der Waals surface area contributed by atoms with Gasteiger partial charge in [0.15, 0.2) is 0 Å². The van der Waals surface area contributed by atoms with E-state index in [1.54, 1.807) is 0 Å². The predicted octanol–water partition coefficient (Wildman–Crippen LogP) is 5.67. The molecule has 2 atom stereocenters. The first-order valence-electron chi connectivity index (χ1n) is 8.92. The molecule has 0 heterocycles. The van der Waals surface area contributed by atoms with Crippen LogP contribution in [0.2, 0.25) is 0 Å². The number of unbranched alkanes of at least 4 members (excludes halogenated alkanes) is 3. The SMILES string of the molecule is CCC(C)CCCCCOOC(=O)CCCCC(C)CC. The number of carbonyl (C=O) groups excluding carboxylic acids is 1. The zero-order valence-corrected chi connectivity index (χ0v) is 14.7. The zero-order valence-electron chi connectivity index (χ0n) is 14.7. The summed E-state index contributed by atoms with van der Waals surface area (Å²) in [6.45, 7) is 9.51. The van der Waals surface area contributed by atoms with E-state index in [0.29, 0.717) is 13.0 Å². The van der Waals surface area contributed by atoms with Crippen LogP contribution in [0.25, 0.3) is 0 Å². The van der Waals surface area contributed by atoms with E-state index in [1.807, 2.05) is 0 Å². The first-order chi connectivity index (χ1) is 10.1. The van der Waals surface area contributed by atoms with Crippen LogP contribution in [0.1, 0.15) is 91.9 Å². The highest BCUT2D eigenvalue weighted by Gasteiger charge is 2.05. The lowest BCUT2D eigenvalue weighted by Crippen LogP contribution is -2.06. The summed E-state index contributed by atoms with van der Waals surface area (Å²) in [7, 11) is 0. The molecule has 0 aliphatic rings. The van der Waals surface area contributed by atoms with E-state index in [4.69, 9.17) is 9.78 Å². The summed E-state index contributed by atoms with van der Waals surface area (Å²) < 4.78 is 0. The van der Waals surface area contributed by atoms with Crippen molar-refractivity contribution in [1.29, 1.82) is 0 Å². The van der Waals surface area contributed by atoms with Crippen molar-refractivity contribution < 1.29 is 14.6 Å². The van der Waals surface area contributed by atoms with Crippen LogP contribution < -0.4 is 0 Å². The molecular formula is C18H36O3. The van der Waals surface area contributed by atoms with Gasteiger partial charge < -0.3 is 0 Å². The van der Waals surface area contributed by atoms with Crippen molar-refractivity contribution in [2.75, 3.05) is 6.61 Å². The van der Waals surface area contributed by atoms with Gasteiger partial charge in [0.05, 0.1) is 6.61 Å². The van der Waals surface area contributed by atoms with Crippen LogP contribution in [0.5, 0.6) is 0 Å². The number of hydrogen-bond acceptors (Lipinski definition) is 3. The Bertz CT molecular complexity index is 241. The second-order valence-electron chi connectivity index (χ2n) is 6.40. The van der Waals surface area contributed by atoms with E-state index in [2.05, 4.69) is 27.7 Å². The van der Waals surface area contributed by atoms with Crippen LogP contribution in [-0.4, -0.2) is 12.6 Å². The molecule has 126 valence electrons. The lowest BCUT2D eigenvalue weighted by atomic mass is 10.0. The van der Waals surface area contributed by atoms with Crippen LogP contribution in [0.15, 0.2) is 0 Å². The smallest absolute Gasteiger partial charge is 0.298 e. The lowest BCUT2D eigenvalue weighted by molar-refractivity contribution is -0.272. The van der Waals surface area contributed by atoms with Gasteiger partial charge in [-0.2, -0.15) is 4.89 Å². The van der Waals surface area contributed by atoms with Gasteiger partial charge in [0.25, 0.3) is 0 Å². The predicted molar refractivity (Wildman–Crippen MR) is 87.9 cm³/mol. The van der Waals surface area contributed by atoms with Gasteiger partial charge in [-0.15, -0.1) is 0 Å². The molecule has 2 unspecified atom stereocenters. The summed E-state index contributed by atoms with van der Waals surface area (Å²) in [6.07, 6.45) is 10.8. The van der Waals surface area contributed by atoms with Crippen molar-refractivity contribution in [1.82, 2.24) is 0 Å². The van der Waals surface area contributed by atoms with Gasteiger partial charge in [-0.1, -0.05) is 72.6 Å². The molecular weight excluding hydrogens is 264 g/mol. The van der Waals surface area contributed by atoms with E-state index in [0.717, 1.165) is 37.5 Å². The maximum atomic E-state index is 11.4. The molecule has 0 bridgehead atoms. The molecule has 0 fully saturated rings. The molecule has 0 radical (unpaired) electrons. The Labute approximate surface area is 131 Å². The topological polar surface area (TPSA) is 35.5 Å².